The van der Waals surface area contributed by atoms with Crippen LogP contribution in [0.15, 0.2) is 53.6 Å². The van der Waals surface area contributed by atoms with Gasteiger partial charge in [-0.25, -0.2) is 13.1 Å². The van der Waals surface area contributed by atoms with Gasteiger partial charge in [0, 0.05) is 42.8 Å². The highest BCUT2D eigenvalue weighted by Crippen LogP contribution is 2.26. The maximum Gasteiger partial charge on any atom is 0.243 e. The fourth-order valence-electron chi connectivity index (χ4n) is 4.79. The number of nitrogens with one attached hydrogen (secondary N) is 2. The molecule has 184 valence electrons. The highest BCUT2D eigenvalue weighted by molar-refractivity contribution is 7.89. The first-order valence-electron chi connectivity index (χ1n) is 12.0. The molecule has 0 radical (unpaired) electrons. The van der Waals surface area contributed by atoms with Crippen LogP contribution in [-0.4, -0.2) is 58.2 Å². The van der Waals surface area contributed by atoms with Crippen LogP contribution in [0.1, 0.15) is 38.3 Å². The van der Waals surface area contributed by atoms with Gasteiger partial charge in [0.25, 0.3) is 0 Å². The van der Waals surface area contributed by atoms with E-state index in [1.54, 1.807) is 22.9 Å². The van der Waals surface area contributed by atoms with Crippen LogP contribution in [0, 0.1) is 5.92 Å². The maximum absolute atomic E-state index is 13.4. The number of sulfonamides is 1. The number of aromatic amines is 1. The smallest absolute Gasteiger partial charge is 0.243 e. The maximum atomic E-state index is 13.4. The van der Waals surface area contributed by atoms with Gasteiger partial charge in [0.1, 0.15) is 5.52 Å². The summed E-state index contributed by atoms with van der Waals surface area (Å²) in [5.74, 6) is -0.466. The highest BCUT2D eigenvalue weighted by Gasteiger charge is 2.33. The molecule has 5 rings (SSSR count). The molecule has 9 nitrogen and oxygen atoms in total. The van der Waals surface area contributed by atoms with Crippen LogP contribution >= 0.6 is 0 Å². The molecule has 0 spiro atoms. The third-order valence-electron chi connectivity index (χ3n) is 6.69. The normalized spacial score (nSPS) is 17.4. The average Bonchev–Trinajstić information content (AvgIpc) is 3.48. The first kappa shape index (κ1) is 23.5. The molecule has 3 heterocycles. The summed E-state index contributed by atoms with van der Waals surface area (Å²) < 4.78 is 29.9. The van der Waals surface area contributed by atoms with Gasteiger partial charge in [0.05, 0.1) is 16.3 Å². The predicted molar refractivity (Wildman–Crippen MR) is 134 cm³/mol. The lowest BCUT2D eigenvalue weighted by Gasteiger charge is -2.31. The molecule has 10 heteroatoms. The van der Waals surface area contributed by atoms with Crippen molar-refractivity contribution in [3.05, 3.63) is 54.2 Å². The van der Waals surface area contributed by atoms with Crippen LogP contribution in [-0.2, 0) is 21.2 Å². The number of carbonyl (C=O) groups is 1. The van der Waals surface area contributed by atoms with E-state index in [0.29, 0.717) is 37.9 Å². The zero-order valence-corrected chi connectivity index (χ0v) is 20.8. The van der Waals surface area contributed by atoms with E-state index in [0.717, 1.165) is 22.0 Å². The lowest BCUT2D eigenvalue weighted by molar-refractivity contribution is -0.126. The summed E-state index contributed by atoms with van der Waals surface area (Å²) in [6, 6.07) is 13.1. The van der Waals surface area contributed by atoms with E-state index in [-0.39, 0.29) is 29.3 Å². The van der Waals surface area contributed by atoms with Crippen LogP contribution in [0.25, 0.3) is 21.9 Å². The summed E-state index contributed by atoms with van der Waals surface area (Å²) in [5, 5.41) is 12.4. The third-order valence-corrected chi connectivity index (χ3v) is 8.55. The van der Waals surface area contributed by atoms with Crippen molar-refractivity contribution < 1.29 is 13.2 Å². The third kappa shape index (κ3) is 4.55. The fourth-order valence-corrected chi connectivity index (χ4v) is 6.33. The number of nitrogens with zero attached hydrogens (tertiary/aromatic N) is 4. The molecule has 2 aromatic carbocycles. The van der Waals surface area contributed by atoms with E-state index in [9.17, 15) is 13.2 Å². The molecule has 35 heavy (non-hydrogen) atoms. The number of carbonyl (C=O) groups excluding carboxylic acids is 1. The SMILES string of the molecule is CC(C)n1nnc2cc(S(=O)(=O)N3CCC[C@@H](C(=O)NCCc4c[nH]c5ccccc45)C3)ccc21. The number of para-hydroxylation sites is 1. The van der Waals surface area contributed by atoms with E-state index in [1.807, 2.05) is 38.2 Å². The summed E-state index contributed by atoms with van der Waals surface area (Å²) in [6.45, 7) is 5.08. The predicted octanol–water partition coefficient (Wildman–Crippen LogP) is 3.25. The topological polar surface area (TPSA) is 113 Å². The second-order valence-electron chi connectivity index (χ2n) is 9.38. The van der Waals surface area contributed by atoms with Crippen LogP contribution in [0.5, 0.6) is 0 Å². The molecule has 1 fully saturated rings. The number of hydrogen-bond donors (Lipinski definition) is 2. The van der Waals surface area contributed by atoms with Crippen molar-refractivity contribution in [3.8, 4) is 0 Å². The van der Waals surface area contributed by atoms with Crippen LogP contribution < -0.4 is 5.32 Å². The quantitative estimate of drug-likeness (QED) is 0.410. The average molecular weight is 495 g/mol. The Morgan fingerprint density at radius 2 is 2.06 bits per heavy atom. The van der Waals surface area contributed by atoms with E-state index in [2.05, 4.69) is 26.7 Å². The van der Waals surface area contributed by atoms with Gasteiger partial charge < -0.3 is 10.3 Å². The van der Waals surface area contributed by atoms with Crippen molar-refractivity contribution >= 4 is 37.9 Å². The van der Waals surface area contributed by atoms with Crippen molar-refractivity contribution in [1.29, 1.82) is 0 Å². The molecule has 2 aromatic heterocycles. The first-order valence-corrected chi connectivity index (χ1v) is 13.5. The molecule has 2 N–H and O–H groups in total. The molecule has 1 saturated heterocycles. The van der Waals surface area contributed by atoms with Gasteiger partial charge in [0.15, 0.2) is 0 Å². The molecule has 0 bridgehead atoms. The van der Waals surface area contributed by atoms with E-state index < -0.39 is 10.0 Å². The first-order chi connectivity index (χ1) is 16.8. The molecule has 1 amide bonds. The number of benzene rings is 2. The largest absolute Gasteiger partial charge is 0.361 e. The Balaban J connectivity index is 1.24. The van der Waals surface area contributed by atoms with Gasteiger partial charge in [-0.3, -0.25) is 4.79 Å². The molecular formula is C25H30N6O3S. The zero-order chi connectivity index (χ0) is 24.6. The van der Waals surface area contributed by atoms with Gasteiger partial charge in [-0.05, 0) is 62.9 Å². The van der Waals surface area contributed by atoms with Gasteiger partial charge in [-0.2, -0.15) is 4.31 Å². The zero-order valence-electron chi connectivity index (χ0n) is 19.9. The molecule has 0 unspecified atom stereocenters. The van der Waals surface area contributed by atoms with E-state index >= 15 is 0 Å². The lowest BCUT2D eigenvalue weighted by atomic mass is 9.99. The minimum Gasteiger partial charge on any atom is -0.361 e. The second-order valence-corrected chi connectivity index (χ2v) is 11.3. The monoisotopic (exact) mass is 494 g/mol. The van der Waals surface area contributed by atoms with Crippen molar-refractivity contribution in [1.82, 2.24) is 29.6 Å². The summed E-state index contributed by atoms with van der Waals surface area (Å²) in [4.78, 5) is 16.3. The Morgan fingerprint density at radius 1 is 1.23 bits per heavy atom. The van der Waals surface area contributed by atoms with Gasteiger partial charge >= 0.3 is 0 Å². The van der Waals surface area contributed by atoms with Crippen molar-refractivity contribution in [3.63, 3.8) is 0 Å². The minimum atomic E-state index is -3.74. The summed E-state index contributed by atoms with van der Waals surface area (Å²) >= 11 is 0. The molecule has 1 aliphatic heterocycles. The fraction of sp³-hybridized carbons (Fsp3) is 0.400. The number of H-pyrrole nitrogens is 1. The van der Waals surface area contributed by atoms with Gasteiger partial charge in [-0.1, -0.05) is 23.4 Å². The number of hydrogen-bond acceptors (Lipinski definition) is 5. The van der Waals surface area contributed by atoms with Crippen LogP contribution in [0.4, 0.5) is 0 Å². The molecule has 0 aliphatic carbocycles. The number of aromatic nitrogens is 4. The number of piperidine rings is 1. The Labute approximate surface area is 204 Å². The Morgan fingerprint density at radius 3 is 2.89 bits per heavy atom. The lowest BCUT2D eigenvalue weighted by Crippen LogP contribution is -2.45. The van der Waals surface area contributed by atoms with Gasteiger partial charge in [0.2, 0.25) is 15.9 Å². The molecule has 4 aromatic rings. The summed E-state index contributed by atoms with van der Waals surface area (Å²) in [5.41, 5.74) is 3.57. The number of amides is 1. The molecular weight excluding hydrogens is 464 g/mol. The number of rotatable bonds is 7. The Bertz CT molecular complexity index is 1470. The standard InChI is InChI=1S/C25H30N6O3S/c1-17(2)31-24-10-9-20(14-23(24)28-29-31)35(33,34)30-13-5-6-19(16-30)25(32)26-12-11-18-15-27-22-8-4-3-7-21(18)22/h3-4,7-10,14-15,17,19,27H,5-6,11-13,16H2,1-2H3,(H,26,32)/t19-/m1/s1. The number of fused-ring (bicyclic) bond motifs is 2. The van der Waals surface area contributed by atoms with E-state index in [4.69, 9.17) is 0 Å². The van der Waals surface area contributed by atoms with E-state index in [1.165, 1.54) is 4.31 Å². The van der Waals surface area contributed by atoms with Crippen molar-refractivity contribution in [2.75, 3.05) is 19.6 Å². The molecule has 1 atom stereocenters. The Kier molecular flexibility index (Phi) is 6.33. The van der Waals surface area contributed by atoms with Crippen LogP contribution in [0.2, 0.25) is 0 Å². The van der Waals surface area contributed by atoms with Crippen LogP contribution in [0.3, 0.4) is 0 Å². The minimum absolute atomic E-state index is 0.0972. The highest BCUT2D eigenvalue weighted by atomic mass is 32.2. The van der Waals surface area contributed by atoms with Crippen molar-refractivity contribution in [2.24, 2.45) is 5.92 Å². The van der Waals surface area contributed by atoms with Gasteiger partial charge in [-0.15, -0.1) is 5.10 Å². The summed E-state index contributed by atoms with van der Waals surface area (Å²) in [7, 11) is -3.74. The second kappa shape index (κ2) is 9.43. The Hall–Kier alpha value is -3.24. The molecule has 0 saturated carbocycles. The summed E-state index contributed by atoms with van der Waals surface area (Å²) in [6.07, 6.45) is 4.00. The molecule has 1 aliphatic rings. The van der Waals surface area contributed by atoms with Crippen molar-refractivity contribution in [2.45, 2.75) is 44.0 Å².